The highest BCUT2D eigenvalue weighted by Crippen LogP contribution is 2.21. The van der Waals surface area contributed by atoms with Gasteiger partial charge in [0.2, 0.25) is 5.28 Å². The van der Waals surface area contributed by atoms with Gasteiger partial charge in [0.15, 0.2) is 0 Å². The maximum Gasteiger partial charge on any atom is 0.225 e. The topological polar surface area (TPSA) is 38.1 Å². The molecule has 0 N–H and O–H groups in total. The van der Waals surface area contributed by atoms with Crippen molar-refractivity contribution in [2.45, 2.75) is 0 Å². The summed E-state index contributed by atoms with van der Waals surface area (Å²) in [4.78, 5) is 11.5. The Morgan fingerprint density at radius 1 is 1.50 bits per heavy atom. The van der Waals surface area contributed by atoms with Crippen molar-refractivity contribution in [3.8, 4) is 12.3 Å². The van der Waals surface area contributed by atoms with Gasteiger partial charge in [0, 0.05) is 7.05 Å². The third kappa shape index (κ3) is 2.24. The van der Waals surface area contributed by atoms with Crippen molar-refractivity contribution in [2.24, 2.45) is 4.99 Å². The Kier molecular flexibility index (Phi) is 3.87. The standard InChI is InChI=1S/C8H4BrCl2N3/c1-3-4-5(6(9)12-2)7(10)14-8(11)13-4/h1H,2H3. The summed E-state index contributed by atoms with van der Waals surface area (Å²) in [6, 6.07) is 0. The first-order valence-corrected chi connectivity index (χ1v) is 4.97. The monoisotopic (exact) mass is 291 g/mol. The molecule has 0 aliphatic rings. The predicted molar refractivity (Wildman–Crippen MR) is 61.4 cm³/mol. The lowest BCUT2D eigenvalue weighted by Crippen LogP contribution is -2.02. The molecular weight excluding hydrogens is 289 g/mol. The average Bonchev–Trinajstić information content (AvgIpc) is 2.15. The number of halogens is 3. The van der Waals surface area contributed by atoms with Gasteiger partial charge < -0.3 is 0 Å². The van der Waals surface area contributed by atoms with Gasteiger partial charge in [-0.2, -0.15) is 0 Å². The number of hydrogen-bond donors (Lipinski definition) is 0. The smallest absolute Gasteiger partial charge is 0.225 e. The molecule has 72 valence electrons. The first-order chi connectivity index (χ1) is 6.60. The number of aromatic nitrogens is 2. The molecule has 3 nitrogen and oxygen atoms in total. The van der Waals surface area contributed by atoms with Crippen LogP contribution in [-0.4, -0.2) is 21.6 Å². The number of nitrogens with zero attached hydrogens (tertiary/aromatic N) is 3. The summed E-state index contributed by atoms with van der Waals surface area (Å²) in [5, 5.41) is 0.193. The van der Waals surface area contributed by atoms with Crippen LogP contribution in [0.2, 0.25) is 10.4 Å². The summed E-state index contributed by atoms with van der Waals surface area (Å²) in [6.45, 7) is 0. The van der Waals surface area contributed by atoms with Crippen LogP contribution in [0.3, 0.4) is 0 Å². The third-order valence-electron chi connectivity index (χ3n) is 1.38. The molecule has 0 fully saturated rings. The molecule has 14 heavy (non-hydrogen) atoms. The number of terminal acetylenes is 1. The second-order valence-electron chi connectivity index (χ2n) is 2.17. The van der Waals surface area contributed by atoms with E-state index in [0.29, 0.717) is 15.9 Å². The minimum absolute atomic E-state index is 0.0168. The fraction of sp³-hybridized carbons (Fsp3) is 0.125. The van der Waals surface area contributed by atoms with Gasteiger partial charge in [-0.05, 0) is 33.5 Å². The molecule has 1 rings (SSSR count). The number of rotatable bonds is 1. The summed E-state index contributed by atoms with van der Waals surface area (Å²) < 4.78 is 0.493. The molecule has 1 heterocycles. The van der Waals surface area contributed by atoms with Gasteiger partial charge in [0.1, 0.15) is 15.5 Å². The van der Waals surface area contributed by atoms with E-state index in [0.717, 1.165) is 0 Å². The Morgan fingerprint density at radius 2 is 2.14 bits per heavy atom. The average molecular weight is 293 g/mol. The van der Waals surface area contributed by atoms with Gasteiger partial charge in [-0.15, -0.1) is 6.42 Å². The fourth-order valence-corrected chi connectivity index (χ4v) is 1.77. The quantitative estimate of drug-likeness (QED) is 0.345. The molecule has 0 saturated heterocycles. The van der Waals surface area contributed by atoms with Gasteiger partial charge in [-0.25, -0.2) is 9.97 Å². The zero-order chi connectivity index (χ0) is 10.7. The molecule has 0 aliphatic heterocycles. The Bertz CT molecular complexity index is 437. The summed E-state index contributed by atoms with van der Waals surface area (Å²) in [7, 11) is 1.59. The first kappa shape index (κ1) is 11.4. The van der Waals surface area contributed by atoms with Crippen LogP contribution in [-0.2, 0) is 0 Å². The molecule has 0 aliphatic carbocycles. The van der Waals surface area contributed by atoms with Gasteiger partial charge in [0.05, 0.1) is 5.56 Å². The molecule has 0 amide bonds. The fourth-order valence-electron chi connectivity index (χ4n) is 0.807. The SMILES string of the molecule is C#Cc1nc(Cl)nc(Cl)c1C(Br)=NC. The number of hydrogen-bond acceptors (Lipinski definition) is 3. The van der Waals surface area contributed by atoms with Crippen molar-refractivity contribution in [1.82, 2.24) is 9.97 Å². The molecule has 6 heteroatoms. The molecular formula is C8H4BrCl2N3. The van der Waals surface area contributed by atoms with Crippen molar-refractivity contribution < 1.29 is 0 Å². The third-order valence-corrected chi connectivity index (χ3v) is 2.57. The van der Waals surface area contributed by atoms with Crippen molar-refractivity contribution in [2.75, 3.05) is 7.05 Å². The Labute approximate surface area is 99.7 Å². The Hall–Kier alpha value is -0.630. The zero-order valence-corrected chi connectivity index (χ0v) is 10.2. The molecule has 0 unspecified atom stereocenters. The van der Waals surface area contributed by atoms with E-state index in [1.807, 2.05) is 0 Å². The lowest BCUT2D eigenvalue weighted by atomic mass is 10.2. The summed E-state index contributed by atoms with van der Waals surface area (Å²) in [6.07, 6.45) is 5.25. The first-order valence-electron chi connectivity index (χ1n) is 3.42. The maximum absolute atomic E-state index is 5.85. The van der Waals surface area contributed by atoms with Crippen LogP contribution in [0.4, 0.5) is 0 Å². The van der Waals surface area contributed by atoms with Gasteiger partial charge >= 0.3 is 0 Å². The maximum atomic E-state index is 5.85. The van der Waals surface area contributed by atoms with Crippen LogP contribution >= 0.6 is 39.1 Å². The van der Waals surface area contributed by atoms with E-state index in [-0.39, 0.29) is 10.4 Å². The van der Waals surface area contributed by atoms with Crippen molar-refractivity contribution >= 4 is 43.8 Å². The van der Waals surface area contributed by atoms with E-state index in [2.05, 4.69) is 36.8 Å². The second kappa shape index (κ2) is 4.74. The lowest BCUT2D eigenvalue weighted by Gasteiger charge is -2.03. The van der Waals surface area contributed by atoms with Crippen LogP contribution in [0.25, 0.3) is 0 Å². The van der Waals surface area contributed by atoms with E-state index in [9.17, 15) is 0 Å². The number of aliphatic imine (C=N–C) groups is 1. The largest absolute Gasteiger partial charge is 0.280 e. The molecule has 0 radical (unpaired) electrons. The summed E-state index contributed by atoms with van der Waals surface area (Å²) in [5.74, 6) is 2.36. The Morgan fingerprint density at radius 3 is 2.64 bits per heavy atom. The van der Waals surface area contributed by atoms with E-state index >= 15 is 0 Å². The highest BCUT2D eigenvalue weighted by atomic mass is 79.9. The second-order valence-corrected chi connectivity index (χ2v) is 3.61. The zero-order valence-electron chi connectivity index (χ0n) is 7.05. The summed E-state index contributed by atoms with van der Waals surface area (Å²) >= 11 is 14.6. The highest BCUT2D eigenvalue weighted by Gasteiger charge is 2.14. The minimum Gasteiger partial charge on any atom is -0.280 e. The molecule has 1 aromatic heterocycles. The molecule has 0 aromatic carbocycles. The van der Waals surface area contributed by atoms with E-state index in [1.54, 1.807) is 7.05 Å². The van der Waals surface area contributed by atoms with Crippen LogP contribution in [0.15, 0.2) is 4.99 Å². The Balaban J connectivity index is 3.50. The van der Waals surface area contributed by atoms with Crippen molar-refractivity contribution in [1.29, 1.82) is 0 Å². The van der Waals surface area contributed by atoms with Crippen LogP contribution in [0.1, 0.15) is 11.3 Å². The van der Waals surface area contributed by atoms with Crippen molar-refractivity contribution in [3.63, 3.8) is 0 Å². The molecule has 0 bridgehead atoms. The molecule has 0 atom stereocenters. The minimum atomic E-state index is 0.0168. The van der Waals surface area contributed by atoms with Crippen molar-refractivity contribution in [3.05, 3.63) is 21.7 Å². The van der Waals surface area contributed by atoms with E-state index in [1.165, 1.54) is 0 Å². The van der Waals surface area contributed by atoms with Gasteiger partial charge in [0.25, 0.3) is 0 Å². The molecule has 0 saturated carbocycles. The van der Waals surface area contributed by atoms with E-state index < -0.39 is 0 Å². The normalized spacial score (nSPS) is 11.2. The van der Waals surface area contributed by atoms with Crippen LogP contribution in [0.5, 0.6) is 0 Å². The van der Waals surface area contributed by atoms with E-state index in [4.69, 9.17) is 29.6 Å². The molecule has 1 aromatic rings. The highest BCUT2D eigenvalue weighted by molar-refractivity contribution is 9.18. The lowest BCUT2D eigenvalue weighted by molar-refractivity contribution is 1.14. The van der Waals surface area contributed by atoms with Crippen LogP contribution < -0.4 is 0 Å². The summed E-state index contributed by atoms with van der Waals surface area (Å²) in [5.41, 5.74) is 0.786. The molecule has 0 spiro atoms. The van der Waals surface area contributed by atoms with Gasteiger partial charge in [-0.1, -0.05) is 11.6 Å². The predicted octanol–water partition coefficient (Wildman–Crippen LogP) is 2.54. The van der Waals surface area contributed by atoms with Gasteiger partial charge in [-0.3, -0.25) is 4.99 Å². The van der Waals surface area contributed by atoms with Crippen LogP contribution in [0, 0.1) is 12.3 Å².